The van der Waals surface area contributed by atoms with Crippen LogP contribution in [0.25, 0.3) is 0 Å². The van der Waals surface area contributed by atoms with Crippen LogP contribution in [0.15, 0.2) is 21.7 Å². The number of aryl methyl sites for hydroxylation is 1. The molecule has 0 aliphatic carbocycles. The van der Waals surface area contributed by atoms with Gasteiger partial charge in [-0.15, -0.1) is 6.58 Å². The Bertz CT molecular complexity index is 283. The maximum absolute atomic E-state index is 5.11. The van der Waals surface area contributed by atoms with Crippen molar-refractivity contribution < 1.29 is 4.52 Å². The van der Waals surface area contributed by atoms with E-state index in [1.54, 1.807) is 6.08 Å². The summed E-state index contributed by atoms with van der Waals surface area (Å²) in [5.74, 6) is 0.769. The second kappa shape index (κ2) is 3.87. The van der Waals surface area contributed by atoms with Gasteiger partial charge in [0.2, 0.25) is 0 Å². The predicted octanol–water partition coefficient (Wildman–Crippen LogP) is 2.19. The van der Waals surface area contributed by atoms with E-state index < -0.39 is 0 Å². The lowest BCUT2D eigenvalue weighted by Gasteiger charge is -2.06. The molecule has 0 aliphatic heterocycles. The van der Waals surface area contributed by atoms with E-state index in [0.29, 0.717) is 0 Å². The number of halogens is 1. The Kier molecular flexibility index (Phi) is 3.05. The third-order valence-electron chi connectivity index (χ3n) is 1.64. The van der Waals surface area contributed by atoms with Crippen LogP contribution in [0.2, 0.25) is 0 Å². The van der Waals surface area contributed by atoms with Crippen molar-refractivity contribution in [3.63, 3.8) is 0 Å². The Balaban J connectivity index is 3.00. The Morgan fingerprint density at radius 3 is 2.75 bits per heavy atom. The normalized spacial score (nSPS) is 12.9. The molecule has 0 aromatic carbocycles. The van der Waals surface area contributed by atoms with E-state index in [1.807, 2.05) is 14.0 Å². The molecule has 1 rings (SSSR count). The fourth-order valence-corrected chi connectivity index (χ4v) is 1.32. The van der Waals surface area contributed by atoms with Gasteiger partial charge in [-0.2, -0.15) is 0 Å². The molecule has 0 saturated carbocycles. The predicted molar refractivity (Wildman–Crippen MR) is 50.9 cm³/mol. The van der Waals surface area contributed by atoms with Gasteiger partial charge in [0.25, 0.3) is 0 Å². The third-order valence-corrected chi connectivity index (χ3v) is 2.61. The molecule has 1 heterocycles. The van der Waals surface area contributed by atoms with Crippen LogP contribution in [0.5, 0.6) is 0 Å². The lowest BCUT2D eigenvalue weighted by molar-refractivity contribution is 0.360. The van der Waals surface area contributed by atoms with Crippen molar-refractivity contribution in [1.29, 1.82) is 0 Å². The van der Waals surface area contributed by atoms with Crippen LogP contribution >= 0.6 is 15.9 Å². The SMILES string of the molecule is C=C[C@H](NC)c1onc(C)c1Br. The lowest BCUT2D eigenvalue weighted by atomic mass is 10.2. The van der Waals surface area contributed by atoms with E-state index in [1.165, 1.54) is 0 Å². The highest BCUT2D eigenvalue weighted by molar-refractivity contribution is 9.10. The minimum absolute atomic E-state index is 0.0144. The van der Waals surface area contributed by atoms with Gasteiger partial charge in [0.05, 0.1) is 16.2 Å². The molecule has 66 valence electrons. The van der Waals surface area contributed by atoms with Crippen LogP contribution in [-0.4, -0.2) is 12.2 Å². The van der Waals surface area contributed by atoms with Gasteiger partial charge in [0, 0.05) is 0 Å². The summed E-state index contributed by atoms with van der Waals surface area (Å²) >= 11 is 3.39. The minimum atomic E-state index is 0.0144. The summed E-state index contributed by atoms with van der Waals surface area (Å²) in [5, 5.41) is 6.86. The molecule has 0 unspecified atom stereocenters. The number of rotatable bonds is 3. The molecule has 0 aliphatic rings. The maximum Gasteiger partial charge on any atom is 0.171 e. The molecule has 0 spiro atoms. The van der Waals surface area contributed by atoms with E-state index >= 15 is 0 Å². The van der Waals surface area contributed by atoms with Crippen molar-refractivity contribution in [3.05, 3.63) is 28.6 Å². The van der Waals surface area contributed by atoms with Crippen LogP contribution in [-0.2, 0) is 0 Å². The van der Waals surface area contributed by atoms with E-state index in [9.17, 15) is 0 Å². The fourth-order valence-electron chi connectivity index (χ4n) is 0.925. The molecule has 0 bridgehead atoms. The zero-order chi connectivity index (χ0) is 9.14. The van der Waals surface area contributed by atoms with Gasteiger partial charge in [-0.25, -0.2) is 0 Å². The van der Waals surface area contributed by atoms with E-state index in [-0.39, 0.29) is 6.04 Å². The van der Waals surface area contributed by atoms with Crippen molar-refractivity contribution in [2.75, 3.05) is 7.05 Å². The number of likely N-dealkylation sites (N-methyl/N-ethyl adjacent to an activating group) is 1. The molecule has 1 atom stereocenters. The van der Waals surface area contributed by atoms with E-state index in [0.717, 1.165) is 15.9 Å². The molecule has 0 radical (unpaired) electrons. The number of hydrogen-bond donors (Lipinski definition) is 1. The molecule has 0 fully saturated rings. The highest BCUT2D eigenvalue weighted by Gasteiger charge is 2.16. The quantitative estimate of drug-likeness (QED) is 0.810. The number of nitrogens with zero attached hydrogens (tertiary/aromatic N) is 1. The monoisotopic (exact) mass is 230 g/mol. The molecule has 12 heavy (non-hydrogen) atoms. The Morgan fingerprint density at radius 2 is 2.42 bits per heavy atom. The number of aromatic nitrogens is 1. The van der Waals surface area contributed by atoms with Gasteiger partial charge in [-0.3, -0.25) is 0 Å². The van der Waals surface area contributed by atoms with Gasteiger partial charge in [0.15, 0.2) is 5.76 Å². The topological polar surface area (TPSA) is 38.1 Å². The summed E-state index contributed by atoms with van der Waals surface area (Å²) in [6.07, 6.45) is 1.77. The molecular weight excluding hydrogens is 220 g/mol. The first-order valence-electron chi connectivity index (χ1n) is 3.62. The standard InChI is InChI=1S/C8H11BrN2O/c1-4-6(10-3)8-7(9)5(2)11-12-8/h4,6,10H,1H2,2-3H3/t6-/m0/s1. The van der Waals surface area contributed by atoms with Crippen LogP contribution in [0.3, 0.4) is 0 Å². The summed E-state index contributed by atoms with van der Waals surface area (Å²) in [7, 11) is 1.84. The second-order valence-corrected chi connectivity index (χ2v) is 3.24. The first kappa shape index (κ1) is 9.48. The highest BCUT2D eigenvalue weighted by atomic mass is 79.9. The highest BCUT2D eigenvalue weighted by Crippen LogP contribution is 2.26. The maximum atomic E-state index is 5.11. The zero-order valence-corrected chi connectivity index (χ0v) is 8.68. The van der Waals surface area contributed by atoms with Crippen LogP contribution in [0.1, 0.15) is 17.5 Å². The van der Waals surface area contributed by atoms with Crippen LogP contribution in [0, 0.1) is 6.92 Å². The summed E-state index contributed by atoms with van der Waals surface area (Å²) in [4.78, 5) is 0. The molecule has 0 saturated heterocycles. The summed E-state index contributed by atoms with van der Waals surface area (Å²) < 4.78 is 6.01. The van der Waals surface area contributed by atoms with Crippen molar-refractivity contribution in [3.8, 4) is 0 Å². The molecule has 3 nitrogen and oxygen atoms in total. The minimum Gasteiger partial charge on any atom is -0.358 e. The average molecular weight is 231 g/mol. The molecule has 1 N–H and O–H groups in total. The molecule has 1 aromatic rings. The van der Waals surface area contributed by atoms with Gasteiger partial charge >= 0.3 is 0 Å². The van der Waals surface area contributed by atoms with Crippen molar-refractivity contribution in [1.82, 2.24) is 10.5 Å². The summed E-state index contributed by atoms with van der Waals surface area (Å²) in [5.41, 5.74) is 0.854. The van der Waals surface area contributed by atoms with E-state index in [4.69, 9.17) is 4.52 Å². The van der Waals surface area contributed by atoms with Gasteiger partial charge < -0.3 is 9.84 Å². The zero-order valence-electron chi connectivity index (χ0n) is 7.10. The van der Waals surface area contributed by atoms with Crippen molar-refractivity contribution >= 4 is 15.9 Å². The Labute approximate surface area is 79.9 Å². The van der Waals surface area contributed by atoms with Crippen molar-refractivity contribution in [2.45, 2.75) is 13.0 Å². The Hall–Kier alpha value is -0.610. The van der Waals surface area contributed by atoms with Gasteiger partial charge in [-0.1, -0.05) is 11.2 Å². The van der Waals surface area contributed by atoms with E-state index in [2.05, 4.69) is 33.0 Å². The number of hydrogen-bond acceptors (Lipinski definition) is 3. The summed E-state index contributed by atoms with van der Waals surface area (Å²) in [6.45, 7) is 5.57. The fraction of sp³-hybridized carbons (Fsp3) is 0.375. The number of nitrogens with one attached hydrogen (secondary N) is 1. The molecule has 4 heteroatoms. The summed E-state index contributed by atoms with van der Waals surface area (Å²) in [6, 6.07) is 0.0144. The largest absolute Gasteiger partial charge is 0.358 e. The second-order valence-electron chi connectivity index (χ2n) is 2.45. The smallest absolute Gasteiger partial charge is 0.171 e. The average Bonchev–Trinajstić information content (AvgIpc) is 2.38. The molecule has 1 aromatic heterocycles. The van der Waals surface area contributed by atoms with Crippen LogP contribution < -0.4 is 5.32 Å². The van der Waals surface area contributed by atoms with Gasteiger partial charge in [-0.05, 0) is 29.9 Å². The van der Waals surface area contributed by atoms with Crippen LogP contribution in [0.4, 0.5) is 0 Å². The molecule has 0 amide bonds. The molecular formula is C8H11BrN2O. The first-order chi connectivity index (χ1) is 5.70. The first-order valence-corrected chi connectivity index (χ1v) is 4.41. The lowest BCUT2D eigenvalue weighted by Crippen LogP contribution is -2.13. The Morgan fingerprint density at radius 1 is 1.75 bits per heavy atom. The van der Waals surface area contributed by atoms with Gasteiger partial charge in [0.1, 0.15) is 0 Å². The van der Waals surface area contributed by atoms with Crippen molar-refractivity contribution in [2.24, 2.45) is 0 Å². The third kappa shape index (κ3) is 1.59.